The lowest BCUT2D eigenvalue weighted by Crippen LogP contribution is -2.21. The monoisotopic (exact) mass is 390 g/mol. The third-order valence-electron chi connectivity index (χ3n) is 3.45. The zero-order chi connectivity index (χ0) is 19.6. The molecule has 0 saturated carbocycles. The van der Waals surface area contributed by atoms with E-state index in [2.05, 4.69) is 10.3 Å². The number of anilines is 1. The van der Waals surface area contributed by atoms with E-state index in [0.29, 0.717) is 17.9 Å². The number of ether oxygens (including phenoxy) is 2. The van der Waals surface area contributed by atoms with E-state index in [1.165, 1.54) is 18.3 Å². The van der Waals surface area contributed by atoms with Crippen LogP contribution in [0.4, 0.5) is 5.69 Å². The standard InChI is InChI=1S/C19H19ClN2O5/c1-2-3-11-26-18(24)13-6-8-14(9-7-13)22-16(23)12-27-19(25)15-5-4-10-21-17(15)20/h4-10H,2-3,11-12H2,1H3,(H,22,23). The second-order valence-electron chi connectivity index (χ2n) is 5.53. The Bertz CT molecular complexity index is 808. The Morgan fingerprint density at radius 3 is 2.48 bits per heavy atom. The second kappa shape index (κ2) is 10.3. The highest BCUT2D eigenvalue weighted by Gasteiger charge is 2.14. The van der Waals surface area contributed by atoms with Gasteiger partial charge < -0.3 is 14.8 Å². The lowest BCUT2D eigenvalue weighted by atomic mass is 10.2. The minimum absolute atomic E-state index is 0.00400. The molecule has 1 N–H and O–H groups in total. The Morgan fingerprint density at radius 2 is 1.81 bits per heavy atom. The predicted octanol–water partition coefficient (Wildman–Crippen LogP) is 3.49. The number of aromatic nitrogens is 1. The van der Waals surface area contributed by atoms with Crippen LogP contribution in [0.1, 0.15) is 40.5 Å². The number of hydrogen-bond donors (Lipinski definition) is 1. The molecule has 142 valence electrons. The highest BCUT2D eigenvalue weighted by atomic mass is 35.5. The van der Waals surface area contributed by atoms with E-state index in [1.807, 2.05) is 6.92 Å². The summed E-state index contributed by atoms with van der Waals surface area (Å²) in [5, 5.41) is 2.57. The Morgan fingerprint density at radius 1 is 1.07 bits per heavy atom. The molecule has 8 heteroatoms. The van der Waals surface area contributed by atoms with E-state index in [9.17, 15) is 14.4 Å². The number of halogens is 1. The van der Waals surface area contributed by atoms with Gasteiger partial charge in [-0.1, -0.05) is 24.9 Å². The number of unbranched alkanes of at least 4 members (excludes halogenated alkanes) is 1. The van der Waals surface area contributed by atoms with Crippen molar-refractivity contribution < 1.29 is 23.9 Å². The average Bonchev–Trinajstić information content (AvgIpc) is 2.67. The number of nitrogens with one attached hydrogen (secondary N) is 1. The summed E-state index contributed by atoms with van der Waals surface area (Å²) in [6.45, 7) is 1.90. The van der Waals surface area contributed by atoms with E-state index in [0.717, 1.165) is 12.8 Å². The van der Waals surface area contributed by atoms with Crippen molar-refractivity contribution in [2.75, 3.05) is 18.5 Å². The summed E-state index contributed by atoms with van der Waals surface area (Å²) in [7, 11) is 0. The topological polar surface area (TPSA) is 94.6 Å². The van der Waals surface area contributed by atoms with Crippen LogP contribution in [0.15, 0.2) is 42.6 Å². The molecular formula is C19H19ClN2O5. The minimum atomic E-state index is -0.742. The Hall–Kier alpha value is -2.93. The molecule has 0 aliphatic carbocycles. The average molecular weight is 391 g/mol. The van der Waals surface area contributed by atoms with Crippen molar-refractivity contribution in [3.8, 4) is 0 Å². The molecule has 0 atom stereocenters. The minimum Gasteiger partial charge on any atom is -0.462 e. The zero-order valence-corrected chi connectivity index (χ0v) is 15.5. The van der Waals surface area contributed by atoms with Crippen molar-refractivity contribution in [2.24, 2.45) is 0 Å². The number of benzene rings is 1. The summed E-state index contributed by atoms with van der Waals surface area (Å²) in [5.74, 6) is -1.68. The molecule has 2 rings (SSSR count). The van der Waals surface area contributed by atoms with Crippen molar-refractivity contribution in [3.05, 3.63) is 58.9 Å². The number of amides is 1. The van der Waals surface area contributed by atoms with Crippen LogP contribution in [0.5, 0.6) is 0 Å². The van der Waals surface area contributed by atoms with E-state index in [1.54, 1.807) is 24.3 Å². The summed E-state index contributed by atoms with van der Waals surface area (Å²) in [5.41, 5.74) is 0.931. The van der Waals surface area contributed by atoms with E-state index < -0.39 is 24.5 Å². The highest BCUT2D eigenvalue weighted by Crippen LogP contribution is 2.13. The molecule has 2 aromatic rings. The molecule has 27 heavy (non-hydrogen) atoms. The molecule has 1 amide bonds. The van der Waals surface area contributed by atoms with Crippen LogP contribution in [0.25, 0.3) is 0 Å². The molecule has 1 aromatic heterocycles. The van der Waals surface area contributed by atoms with Gasteiger partial charge in [0.2, 0.25) is 0 Å². The Labute approximate surface area is 161 Å². The number of esters is 2. The van der Waals surface area contributed by atoms with Crippen LogP contribution >= 0.6 is 11.6 Å². The van der Waals surface area contributed by atoms with Crippen LogP contribution in [0, 0.1) is 0 Å². The van der Waals surface area contributed by atoms with Crippen molar-refractivity contribution >= 4 is 35.1 Å². The van der Waals surface area contributed by atoms with Crippen LogP contribution in [0.3, 0.4) is 0 Å². The fourth-order valence-electron chi connectivity index (χ4n) is 2.03. The van der Waals surface area contributed by atoms with Gasteiger partial charge in [-0.3, -0.25) is 4.79 Å². The third-order valence-corrected chi connectivity index (χ3v) is 3.75. The van der Waals surface area contributed by atoms with Gasteiger partial charge in [-0.15, -0.1) is 0 Å². The van der Waals surface area contributed by atoms with Crippen LogP contribution < -0.4 is 5.32 Å². The fourth-order valence-corrected chi connectivity index (χ4v) is 2.22. The summed E-state index contributed by atoms with van der Waals surface area (Å²) in [4.78, 5) is 39.3. The largest absolute Gasteiger partial charge is 0.462 e. The van der Waals surface area contributed by atoms with Gasteiger partial charge in [0.05, 0.1) is 17.7 Å². The number of carbonyl (C=O) groups is 3. The first-order chi connectivity index (χ1) is 13.0. The third kappa shape index (κ3) is 6.38. The fraction of sp³-hybridized carbons (Fsp3) is 0.263. The molecule has 1 heterocycles. The van der Waals surface area contributed by atoms with Crippen molar-refractivity contribution in [3.63, 3.8) is 0 Å². The first-order valence-electron chi connectivity index (χ1n) is 8.36. The lowest BCUT2D eigenvalue weighted by Gasteiger charge is -2.08. The number of hydrogen-bond acceptors (Lipinski definition) is 6. The number of carbonyl (C=O) groups excluding carboxylic acids is 3. The normalized spacial score (nSPS) is 10.1. The summed E-state index contributed by atoms with van der Waals surface area (Å²) < 4.78 is 10.0. The van der Waals surface area contributed by atoms with Gasteiger partial charge >= 0.3 is 11.9 Å². The van der Waals surface area contributed by atoms with Gasteiger partial charge in [0.25, 0.3) is 5.91 Å². The molecule has 0 radical (unpaired) electrons. The first kappa shape index (κ1) is 20.4. The quantitative estimate of drug-likeness (QED) is 0.421. The van der Waals surface area contributed by atoms with E-state index in [-0.39, 0.29) is 10.7 Å². The van der Waals surface area contributed by atoms with Gasteiger partial charge in [-0.25, -0.2) is 14.6 Å². The second-order valence-corrected chi connectivity index (χ2v) is 5.89. The number of nitrogens with zero attached hydrogens (tertiary/aromatic N) is 1. The molecule has 0 fully saturated rings. The maximum absolute atomic E-state index is 11.9. The lowest BCUT2D eigenvalue weighted by molar-refractivity contribution is -0.119. The van der Waals surface area contributed by atoms with Crippen LogP contribution in [0.2, 0.25) is 5.15 Å². The zero-order valence-electron chi connectivity index (χ0n) is 14.7. The molecule has 0 unspecified atom stereocenters. The maximum atomic E-state index is 11.9. The first-order valence-corrected chi connectivity index (χ1v) is 8.73. The number of rotatable bonds is 8. The molecule has 0 saturated heterocycles. The molecule has 0 aliphatic rings. The molecule has 7 nitrogen and oxygen atoms in total. The summed E-state index contributed by atoms with van der Waals surface area (Å²) in [6, 6.07) is 9.21. The number of pyridine rings is 1. The molecule has 0 aliphatic heterocycles. The van der Waals surface area contributed by atoms with E-state index >= 15 is 0 Å². The molecule has 0 bridgehead atoms. The van der Waals surface area contributed by atoms with E-state index in [4.69, 9.17) is 21.1 Å². The van der Waals surface area contributed by atoms with Gasteiger partial charge in [0, 0.05) is 11.9 Å². The molecule has 1 aromatic carbocycles. The summed E-state index contributed by atoms with van der Waals surface area (Å²) >= 11 is 5.79. The predicted molar refractivity (Wildman–Crippen MR) is 99.8 cm³/mol. The SMILES string of the molecule is CCCCOC(=O)c1ccc(NC(=O)COC(=O)c2cccnc2Cl)cc1. The van der Waals surface area contributed by atoms with Gasteiger partial charge in [-0.05, 0) is 42.8 Å². The van der Waals surface area contributed by atoms with Gasteiger partial charge in [0.1, 0.15) is 5.15 Å². The van der Waals surface area contributed by atoms with Gasteiger partial charge in [0.15, 0.2) is 6.61 Å². The van der Waals surface area contributed by atoms with Gasteiger partial charge in [-0.2, -0.15) is 0 Å². The molecule has 0 spiro atoms. The smallest absolute Gasteiger partial charge is 0.341 e. The highest BCUT2D eigenvalue weighted by molar-refractivity contribution is 6.32. The molecular weight excluding hydrogens is 372 g/mol. The maximum Gasteiger partial charge on any atom is 0.341 e. The van der Waals surface area contributed by atoms with Crippen molar-refractivity contribution in [1.82, 2.24) is 4.98 Å². The summed E-state index contributed by atoms with van der Waals surface area (Å²) in [6.07, 6.45) is 3.19. The van der Waals surface area contributed by atoms with Crippen molar-refractivity contribution in [2.45, 2.75) is 19.8 Å². The Kier molecular flexibility index (Phi) is 7.76. The van der Waals surface area contributed by atoms with Crippen molar-refractivity contribution in [1.29, 1.82) is 0 Å². The van der Waals surface area contributed by atoms with Crippen LogP contribution in [-0.2, 0) is 14.3 Å². The van der Waals surface area contributed by atoms with Crippen LogP contribution in [-0.4, -0.2) is 36.0 Å². The Balaban J connectivity index is 1.82.